The summed E-state index contributed by atoms with van der Waals surface area (Å²) in [5, 5.41) is 3.31. The van der Waals surface area contributed by atoms with Gasteiger partial charge in [0, 0.05) is 10.7 Å². The lowest BCUT2D eigenvalue weighted by atomic mass is 10.3. The summed E-state index contributed by atoms with van der Waals surface area (Å²) >= 11 is 5.82. The topological polar surface area (TPSA) is 63.1 Å². The smallest absolute Gasteiger partial charge is 0.279 e. The molecule has 1 aliphatic rings. The molecule has 0 unspecified atom stereocenters. The number of carbonyl (C=O) groups excluding carboxylic acids is 2. The second-order valence-electron chi connectivity index (χ2n) is 6.61. The first-order valence-corrected chi connectivity index (χ1v) is 9.42. The van der Waals surface area contributed by atoms with Crippen molar-refractivity contribution in [2.75, 3.05) is 44.6 Å². The van der Waals surface area contributed by atoms with E-state index in [1.54, 1.807) is 41.3 Å². The van der Waals surface area contributed by atoms with Gasteiger partial charge in [-0.1, -0.05) is 17.7 Å². The maximum absolute atomic E-state index is 13.2. The molecule has 28 heavy (non-hydrogen) atoms. The lowest BCUT2D eigenvalue weighted by molar-refractivity contribution is -0.895. The van der Waals surface area contributed by atoms with Crippen molar-refractivity contribution in [3.63, 3.8) is 0 Å². The average molecular weight is 407 g/mol. The van der Waals surface area contributed by atoms with Crippen molar-refractivity contribution in [3.8, 4) is 5.75 Å². The van der Waals surface area contributed by atoms with E-state index < -0.39 is 5.82 Å². The molecule has 0 aromatic heterocycles. The number of piperazine rings is 1. The van der Waals surface area contributed by atoms with E-state index in [4.69, 9.17) is 16.3 Å². The zero-order valence-corrected chi connectivity index (χ0v) is 16.0. The van der Waals surface area contributed by atoms with Crippen molar-refractivity contribution < 1.29 is 23.6 Å². The molecule has 148 valence electrons. The van der Waals surface area contributed by atoms with Crippen molar-refractivity contribution in [2.24, 2.45) is 0 Å². The first kappa shape index (κ1) is 20.1. The summed E-state index contributed by atoms with van der Waals surface area (Å²) in [7, 11) is 0. The van der Waals surface area contributed by atoms with Crippen LogP contribution in [-0.4, -0.2) is 56.0 Å². The predicted octanol–water partition coefficient (Wildman–Crippen LogP) is 1.22. The van der Waals surface area contributed by atoms with Crippen LogP contribution in [0.5, 0.6) is 5.75 Å². The van der Waals surface area contributed by atoms with Crippen LogP contribution in [0.1, 0.15) is 0 Å². The van der Waals surface area contributed by atoms with E-state index in [0.29, 0.717) is 42.6 Å². The Labute approximate surface area is 167 Å². The Balaban J connectivity index is 1.39. The molecular formula is C20H22ClFN3O3+. The van der Waals surface area contributed by atoms with E-state index in [-0.39, 0.29) is 25.0 Å². The third-order valence-corrected chi connectivity index (χ3v) is 4.77. The third kappa shape index (κ3) is 5.94. The molecule has 1 saturated heterocycles. The van der Waals surface area contributed by atoms with E-state index in [1.165, 1.54) is 12.1 Å². The lowest BCUT2D eigenvalue weighted by Crippen LogP contribution is -3.15. The van der Waals surface area contributed by atoms with Gasteiger partial charge in [-0.25, -0.2) is 4.39 Å². The summed E-state index contributed by atoms with van der Waals surface area (Å²) < 4.78 is 18.7. The predicted molar refractivity (Wildman–Crippen MR) is 104 cm³/mol. The number of hydrogen-bond acceptors (Lipinski definition) is 3. The van der Waals surface area contributed by atoms with Crippen LogP contribution in [0.4, 0.5) is 10.1 Å². The van der Waals surface area contributed by atoms with Crippen LogP contribution < -0.4 is 15.0 Å². The van der Waals surface area contributed by atoms with Crippen LogP contribution in [0.2, 0.25) is 5.02 Å². The highest BCUT2D eigenvalue weighted by atomic mass is 35.5. The molecule has 0 bridgehead atoms. The van der Waals surface area contributed by atoms with E-state index in [0.717, 1.165) is 4.90 Å². The van der Waals surface area contributed by atoms with Crippen LogP contribution in [0.25, 0.3) is 0 Å². The largest absolute Gasteiger partial charge is 0.484 e. The highest BCUT2D eigenvalue weighted by Crippen LogP contribution is 2.15. The van der Waals surface area contributed by atoms with Crippen molar-refractivity contribution in [2.45, 2.75) is 0 Å². The fourth-order valence-corrected chi connectivity index (χ4v) is 3.14. The molecule has 6 nitrogen and oxygen atoms in total. The zero-order chi connectivity index (χ0) is 19.9. The van der Waals surface area contributed by atoms with E-state index >= 15 is 0 Å². The zero-order valence-electron chi connectivity index (χ0n) is 15.3. The maximum Gasteiger partial charge on any atom is 0.279 e. The van der Waals surface area contributed by atoms with E-state index in [1.807, 2.05) is 0 Å². The summed E-state index contributed by atoms with van der Waals surface area (Å²) in [4.78, 5) is 27.2. The van der Waals surface area contributed by atoms with Gasteiger partial charge in [-0.15, -0.1) is 0 Å². The minimum atomic E-state index is -0.391. The fraction of sp³-hybridized carbons (Fsp3) is 0.300. The second-order valence-corrected chi connectivity index (χ2v) is 7.05. The van der Waals surface area contributed by atoms with Crippen molar-refractivity contribution in [1.29, 1.82) is 0 Å². The number of nitrogens with one attached hydrogen (secondary N) is 2. The van der Waals surface area contributed by atoms with Crippen molar-refractivity contribution in [3.05, 3.63) is 59.4 Å². The van der Waals surface area contributed by atoms with Gasteiger partial charge < -0.3 is 19.9 Å². The highest BCUT2D eigenvalue weighted by Gasteiger charge is 2.25. The first-order chi connectivity index (χ1) is 13.5. The Morgan fingerprint density at radius 3 is 2.54 bits per heavy atom. The number of rotatable bonds is 6. The lowest BCUT2D eigenvalue weighted by Gasteiger charge is -2.31. The average Bonchev–Trinajstić information content (AvgIpc) is 2.68. The number of anilines is 1. The number of nitrogens with zero attached hydrogens (tertiary/aromatic N) is 1. The number of quaternary nitrogens is 1. The third-order valence-electron chi connectivity index (χ3n) is 4.52. The number of ether oxygens (including phenoxy) is 1. The van der Waals surface area contributed by atoms with Gasteiger partial charge in [0.1, 0.15) is 11.6 Å². The normalized spacial score (nSPS) is 14.6. The quantitative estimate of drug-likeness (QED) is 0.758. The Bertz CT molecular complexity index is 824. The molecule has 3 rings (SSSR count). The Morgan fingerprint density at radius 2 is 1.86 bits per heavy atom. The highest BCUT2D eigenvalue weighted by molar-refractivity contribution is 6.30. The number of halogens is 2. The van der Waals surface area contributed by atoms with E-state index in [2.05, 4.69) is 5.32 Å². The van der Waals surface area contributed by atoms with Crippen LogP contribution >= 0.6 is 11.6 Å². The molecule has 1 fully saturated rings. The SMILES string of the molecule is O=C(C[NH+]1CCN(C(=O)COc2ccc(Cl)cc2)CC1)Nc1cccc(F)c1. The van der Waals surface area contributed by atoms with Gasteiger partial charge in [0.2, 0.25) is 0 Å². The number of carbonyl (C=O) groups is 2. The Morgan fingerprint density at radius 1 is 1.14 bits per heavy atom. The van der Waals surface area contributed by atoms with E-state index in [9.17, 15) is 14.0 Å². The molecule has 1 aliphatic heterocycles. The van der Waals surface area contributed by atoms with Gasteiger partial charge in [-0.05, 0) is 42.5 Å². The molecule has 0 atom stereocenters. The Kier molecular flexibility index (Phi) is 6.84. The molecular weight excluding hydrogens is 385 g/mol. The van der Waals surface area contributed by atoms with Crippen LogP contribution in [0, 0.1) is 5.82 Å². The molecule has 1 heterocycles. The van der Waals surface area contributed by atoms with Crippen LogP contribution in [0.15, 0.2) is 48.5 Å². The molecule has 0 radical (unpaired) electrons. The number of hydrogen-bond donors (Lipinski definition) is 2. The number of benzene rings is 2. The fourth-order valence-electron chi connectivity index (χ4n) is 3.01. The summed E-state index contributed by atoms with van der Waals surface area (Å²) in [6.07, 6.45) is 0. The maximum atomic E-state index is 13.2. The summed E-state index contributed by atoms with van der Waals surface area (Å²) in [5.74, 6) is -0.0567. The molecule has 0 saturated carbocycles. The standard InChI is InChI=1S/C20H21ClFN3O3/c21-15-4-6-18(7-5-15)28-14-20(27)25-10-8-24(9-11-25)13-19(26)23-17-3-1-2-16(22)12-17/h1-7,12H,8-11,13-14H2,(H,23,26)/p+1. The van der Waals surface area contributed by atoms with Gasteiger partial charge in [0.25, 0.3) is 11.8 Å². The second kappa shape index (κ2) is 9.52. The Hall–Kier alpha value is -2.64. The first-order valence-electron chi connectivity index (χ1n) is 9.05. The van der Waals surface area contributed by atoms with Crippen molar-refractivity contribution >= 4 is 29.1 Å². The molecule has 2 aromatic rings. The minimum absolute atomic E-state index is 0.0307. The van der Waals surface area contributed by atoms with Gasteiger partial charge in [0.05, 0.1) is 26.2 Å². The molecule has 0 aliphatic carbocycles. The monoisotopic (exact) mass is 406 g/mol. The molecule has 2 N–H and O–H groups in total. The summed E-state index contributed by atoms with van der Waals surface area (Å²) in [6, 6.07) is 12.7. The summed E-state index contributed by atoms with van der Waals surface area (Å²) in [5.41, 5.74) is 0.442. The molecule has 8 heteroatoms. The van der Waals surface area contributed by atoms with Crippen LogP contribution in [0.3, 0.4) is 0 Å². The van der Waals surface area contributed by atoms with Crippen LogP contribution in [-0.2, 0) is 9.59 Å². The van der Waals surface area contributed by atoms with Gasteiger partial charge in [-0.3, -0.25) is 9.59 Å². The van der Waals surface area contributed by atoms with Crippen molar-refractivity contribution in [1.82, 2.24) is 4.90 Å². The molecule has 0 spiro atoms. The number of amides is 2. The van der Waals surface area contributed by atoms with Gasteiger partial charge >= 0.3 is 0 Å². The van der Waals surface area contributed by atoms with Gasteiger partial charge in [-0.2, -0.15) is 0 Å². The van der Waals surface area contributed by atoms with Gasteiger partial charge in [0.15, 0.2) is 13.2 Å². The molecule has 2 aromatic carbocycles. The summed E-state index contributed by atoms with van der Waals surface area (Å²) in [6.45, 7) is 2.71. The minimum Gasteiger partial charge on any atom is -0.484 e. The molecule has 2 amide bonds.